The van der Waals surface area contributed by atoms with Gasteiger partial charge in [0.1, 0.15) is 28.6 Å². The Morgan fingerprint density at radius 1 is 0.960 bits per heavy atom. The first kappa shape index (κ1) is 38.4. The Hall–Kier alpha value is -2.83. The molecule has 13 heteroatoms. The predicted molar refractivity (Wildman–Crippen MR) is 192 cm³/mol. The molecule has 3 N–H and O–H groups in total. The van der Waals surface area contributed by atoms with E-state index in [1.807, 2.05) is 6.07 Å². The van der Waals surface area contributed by atoms with E-state index in [9.17, 15) is 14.4 Å². The molecule has 1 saturated heterocycles. The Bertz CT molecular complexity index is 1670. The van der Waals surface area contributed by atoms with Crippen LogP contribution in [0.1, 0.15) is 113 Å². The van der Waals surface area contributed by atoms with Gasteiger partial charge in [-0.1, -0.05) is 55.2 Å². The molecule has 272 valence electrons. The molecule has 1 unspecified atom stereocenters. The fourth-order valence-corrected chi connectivity index (χ4v) is 8.24. The third-order valence-electron chi connectivity index (χ3n) is 10.3. The molecule has 2 bridgehead atoms. The minimum atomic E-state index is -1.27. The number of esters is 2. The number of nitrogens with two attached hydrogens (primary N) is 1. The lowest BCUT2D eigenvalue weighted by Crippen LogP contribution is -2.65. The number of benzene rings is 2. The molecule has 4 fully saturated rings. The van der Waals surface area contributed by atoms with Crippen molar-refractivity contribution in [3.8, 4) is 5.75 Å². The average Bonchev–Trinajstić information content (AvgIpc) is 3.37. The lowest BCUT2D eigenvalue weighted by molar-refractivity contribution is -0.199. The number of nitrogens with one attached hydrogen (secondary N) is 1. The van der Waals surface area contributed by atoms with Gasteiger partial charge in [0, 0.05) is 0 Å². The largest absolute Gasteiger partial charge is 0.496 e. The zero-order valence-electron chi connectivity index (χ0n) is 30.6. The number of amides is 1. The zero-order chi connectivity index (χ0) is 37.1. The van der Waals surface area contributed by atoms with Crippen LogP contribution < -0.4 is 15.8 Å². The van der Waals surface area contributed by atoms with E-state index in [-0.39, 0.29) is 50.6 Å². The molecular weight excluding hydrogens is 682 g/mol. The summed E-state index contributed by atoms with van der Waals surface area (Å²) in [6.07, 6.45) is 1.94. The number of para-hydroxylation sites is 1. The monoisotopic (exact) mass is 730 g/mol. The summed E-state index contributed by atoms with van der Waals surface area (Å²) < 4.78 is 30.3. The van der Waals surface area contributed by atoms with Gasteiger partial charge in [-0.15, -0.1) is 0 Å². The van der Waals surface area contributed by atoms with Crippen molar-refractivity contribution in [1.29, 1.82) is 0 Å². The van der Waals surface area contributed by atoms with Crippen LogP contribution in [-0.4, -0.2) is 60.9 Å². The molecule has 2 aromatic rings. The number of ether oxygens (including phenoxy) is 3. The van der Waals surface area contributed by atoms with E-state index in [1.54, 1.807) is 53.7 Å². The maximum absolute atomic E-state index is 14.0. The molecule has 0 spiro atoms. The Morgan fingerprint density at radius 3 is 2.16 bits per heavy atom. The lowest BCUT2D eigenvalue weighted by atomic mass is 9.43. The highest BCUT2D eigenvalue weighted by molar-refractivity contribution is 6.48. The first-order valence-electron chi connectivity index (χ1n) is 17.1. The Morgan fingerprint density at radius 2 is 1.58 bits per heavy atom. The fourth-order valence-electron chi connectivity index (χ4n) is 7.71. The van der Waals surface area contributed by atoms with Gasteiger partial charge in [-0.25, -0.2) is 9.59 Å². The van der Waals surface area contributed by atoms with Gasteiger partial charge < -0.3 is 34.6 Å². The molecule has 1 heterocycles. The fraction of sp³-hybridized carbons (Fsp3) is 0.595. The zero-order valence-corrected chi connectivity index (χ0v) is 32.1. The summed E-state index contributed by atoms with van der Waals surface area (Å²) in [4.78, 5) is 39.9. The van der Waals surface area contributed by atoms with E-state index in [4.69, 9.17) is 52.5 Å². The summed E-state index contributed by atoms with van der Waals surface area (Å²) in [5, 5.41) is 2.96. The Kier molecular flexibility index (Phi) is 10.5. The maximum atomic E-state index is 14.0. The molecule has 50 heavy (non-hydrogen) atoms. The van der Waals surface area contributed by atoms with Crippen LogP contribution in [0.3, 0.4) is 0 Å². The first-order valence-corrected chi connectivity index (χ1v) is 17.8. The molecule has 4 aliphatic rings. The second kappa shape index (κ2) is 13.6. The van der Waals surface area contributed by atoms with Gasteiger partial charge in [-0.05, 0) is 108 Å². The smallest absolute Gasteiger partial charge is 0.482 e. The number of halogens is 2. The third kappa shape index (κ3) is 7.40. The van der Waals surface area contributed by atoms with Gasteiger partial charge >= 0.3 is 19.1 Å². The van der Waals surface area contributed by atoms with Crippen LogP contribution in [0.25, 0.3) is 0 Å². The number of methoxy groups -OCH3 is 1. The number of hydrogen-bond donors (Lipinski definition) is 2. The second-order valence-electron chi connectivity index (χ2n) is 16.5. The van der Waals surface area contributed by atoms with Crippen molar-refractivity contribution in [3.05, 3.63) is 62.6 Å². The molecule has 0 radical (unpaired) electrons. The van der Waals surface area contributed by atoms with Crippen LogP contribution in [0.15, 0.2) is 30.3 Å². The molecule has 3 aliphatic carbocycles. The highest BCUT2D eigenvalue weighted by Crippen LogP contribution is 2.65. The van der Waals surface area contributed by atoms with Crippen LogP contribution in [-0.2, 0) is 30.0 Å². The molecule has 2 aromatic carbocycles. The summed E-state index contributed by atoms with van der Waals surface area (Å²) >= 11 is 13.1. The third-order valence-corrected chi connectivity index (χ3v) is 11.2. The lowest BCUT2D eigenvalue weighted by Gasteiger charge is -2.64. The quantitative estimate of drug-likeness (QED) is 0.209. The van der Waals surface area contributed by atoms with Crippen molar-refractivity contribution in [2.24, 2.45) is 23.0 Å². The van der Waals surface area contributed by atoms with Crippen molar-refractivity contribution in [1.82, 2.24) is 5.32 Å². The molecule has 3 saturated carbocycles. The summed E-state index contributed by atoms with van der Waals surface area (Å²) in [5.74, 6) is -1.38. The minimum absolute atomic E-state index is 0.0325. The maximum Gasteiger partial charge on any atom is 0.482 e. The average molecular weight is 732 g/mol. The van der Waals surface area contributed by atoms with Gasteiger partial charge in [0.15, 0.2) is 0 Å². The van der Waals surface area contributed by atoms with Gasteiger partial charge in [-0.3, -0.25) is 4.79 Å². The summed E-state index contributed by atoms with van der Waals surface area (Å²) in [6.45, 7) is 17.3. The SMILES string of the molecule is COc1c(C[C@H](NC(=O)C(N)c2ccc(C(=O)OC(C)(C)C)c(Cl)c2Cl)B2O[C@@H]3C[C@@H]4C[C@@H](C4(C)C)[C@]3(C)O2)cccc1C(=O)OC(C)(C)C. The van der Waals surface area contributed by atoms with E-state index in [1.165, 1.54) is 19.2 Å². The van der Waals surface area contributed by atoms with E-state index >= 15 is 0 Å². The van der Waals surface area contributed by atoms with E-state index in [0.717, 1.165) is 12.8 Å². The van der Waals surface area contributed by atoms with E-state index < -0.39 is 53.8 Å². The standard InChI is InChI=1S/C37H49BCl2N2O8/c1-34(2,3)47-32(44)22-15-14-21(27(39)28(22)40)29(41)31(43)42-26(38-49-25-18-20-17-24(36(20,7)8)37(25,9)50-38)16-19-12-11-13-23(30(19)46-10)33(45)48-35(4,5)6/h11-15,20,24-26,29H,16-18,41H2,1-10H3,(H,42,43)/t20-,24-,25+,26-,29?,37-/m0/s1. The minimum Gasteiger partial charge on any atom is -0.496 e. The summed E-state index contributed by atoms with van der Waals surface area (Å²) in [6, 6.07) is 6.87. The molecular formula is C37H49BCl2N2O8. The van der Waals surface area contributed by atoms with Crippen LogP contribution in [0.4, 0.5) is 0 Å². The van der Waals surface area contributed by atoms with Gasteiger partial charge in [0.05, 0.1) is 40.4 Å². The van der Waals surface area contributed by atoms with Crippen LogP contribution >= 0.6 is 23.2 Å². The number of carbonyl (C=O) groups excluding carboxylic acids is 3. The Labute approximate surface area is 305 Å². The van der Waals surface area contributed by atoms with Crippen molar-refractivity contribution < 1.29 is 37.9 Å². The van der Waals surface area contributed by atoms with E-state index in [0.29, 0.717) is 17.2 Å². The molecule has 0 aromatic heterocycles. The molecule has 1 amide bonds. The van der Waals surface area contributed by atoms with Crippen molar-refractivity contribution >= 4 is 48.2 Å². The predicted octanol–water partition coefficient (Wildman–Crippen LogP) is 6.91. The highest BCUT2D eigenvalue weighted by atomic mass is 35.5. The molecule has 10 nitrogen and oxygen atoms in total. The van der Waals surface area contributed by atoms with Gasteiger partial charge in [-0.2, -0.15) is 0 Å². The summed E-state index contributed by atoms with van der Waals surface area (Å²) in [7, 11) is 0.649. The molecule has 6 rings (SSSR count). The van der Waals surface area contributed by atoms with Gasteiger partial charge in [0.2, 0.25) is 5.91 Å². The molecule has 6 atom stereocenters. The second-order valence-corrected chi connectivity index (χ2v) is 17.2. The van der Waals surface area contributed by atoms with Crippen LogP contribution in [0.2, 0.25) is 10.0 Å². The normalized spacial score (nSPS) is 25.1. The first-order chi connectivity index (χ1) is 23.1. The van der Waals surface area contributed by atoms with Crippen LogP contribution in [0.5, 0.6) is 5.75 Å². The van der Waals surface area contributed by atoms with Crippen molar-refractivity contribution in [2.75, 3.05) is 7.11 Å². The highest BCUT2D eigenvalue weighted by Gasteiger charge is 2.68. The number of hydrogen-bond acceptors (Lipinski definition) is 9. The topological polar surface area (TPSA) is 135 Å². The number of rotatable bonds is 9. The van der Waals surface area contributed by atoms with E-state index in [2.05, 4.69) is 26.1 Å². The number of carbonyl (C=O) groups is 3. The van der Waals surface area contributed by atoms with Crippen molar-refractivity contribution in [2.45, 2.75) is 116 Å². The molecule has 1 aliphatic heterocycles. The Balaban J connectivity index is 1.45. The van der Waals surface area contributed by atoms with Gasteiger partial charge in [0.25, 0.3) is 0 Å². The van der Waals surface area contributed by atoms with Crippen molar-refractivity contribution in [3.63, 3.8) is 0 Å². The van der Waals surface area contributed by atoms with Crippen LogP contribution in [0, 0.1) is 17.3 Å². The summed E-state index contributed by atoms with van der Waals surface area (Å²) in [5.41, 5.74) is 5.78.